The molecule has 2 aromatic carbocycles. The van der Waals surface area contributed by atoms with E-state index in [1.807, 2.05) is 26.0 Å². The summed E-state index contributed by atoms with van der Waals surface area (Å²) in [5, 5.41) is 9.57. The maximum atomic E-state index is 11.9. The highest BCUT2D eigenvalue weighted by molar-refractivity contribution is 5.93. The summed E-state index contributed by atoms with van der Waals surface area (Å²) in [7, 11) is 0. The molecule has 0 amide bonds. The summed E-state index contributed by atoms with van der Waals surface area (Å²) < 4.78 is 5.27. The predicted molar refractivity (Wildman–Crippen MR) is 69.0 cm³/mol. The van der Waals surface area contributed by atoms with Gasteiger partial charge in [-0.3, -0.25) is 0 Å². The zero-order valence-corrected chi connectivity index (χ0v) is 10.3. The van der Waals surface area contributed by atoms with E-state index < -0.39 is 5.97 Å². The summed E-state index contributed by atoms with van der Waals surface area (Å²) in [5.41, 5.74) is 2.16. The number of ether oxygens (including phenoxy) is 1. The largest absolute Gasteiger partial charge is 0.507 e. The number of phenols is 1. The molecule has 0 atom stereocenters. The summed E-state index contributed by atoms with van der Waals surface area (Å²) in [4.78, 5) is 11.9. The van der Waals surface area contributed by atoms with E-state index in [-0.39, 0.29) is 11.3 Å². The second-order valence-electron chi connectivity index (χ2n) is 4.18. The zero-order chi connectivity index (χ0) is 13.1. The lowest BCUT2D eigenvalue weighted by Crippen LogP contribution is -2.09. The van der Waals surface area contributed by atoms with Gasteiger partial charge in [0.1, 0.15) is 17.1 Å². The topological polar surface area (TPSA) is 46.5 Å². The quantitative estimate of drug-likeness (QED) is 0.649. The van der Waals surface area contributed by atoms with Crippen molar-refractivity contribution in [3.63, 3.8) is 0 Å². The van der Waals surface area contributed by atoms with Crippen LogP contribution in [-0.2, 0) is 0 Å². The highest BCUT2D eigenvalue weighted by Gasteiger charge is 2.13. The summed E-state index contributed by atoms with van der Waals surface area (Å²) in [6, 6.07) is 11.9. The number of aromatic hydroxyl groups is 1. The van der Waals surface area contributed by atoms with Crippen LogP contribution in [0.25, 0.3) is 0 Å². The Kier molecular flexibility index (Phi) is 3.33. The molecule has 0 aliphatic heterocycles. The van der Waals surface area contributed by atoms with Crippen LogP contribution in [-0.4, -0.2) is 11.1 Å². The molecular weight excluding hydrogens is 228 g/mol. The molecule has 0 aromatic heterocycles. The zero-order valence-electron chi connectivity index (χ0n) is 10.3. The fourth-order valence-electron chi connectivity index (χ4n) is 1.71. The first-order valence-corrected chi connectivity index (χ1v) is 5.65. The molecule has 2 aromatic rings. The van der Waals surface area contributed by atoms with E-state index in [1.54, 1.807) is 18.2 Å². The molecule has 0 bridgehead atoms. The maximum Gasteiger partial charge on any atom is 0.347 e. The van der Waals surface area contributed by atoms with Gasteiger partial charge in [-0.25, -0.2) is 4.79 Å². The molecule has 2 rings (SSSR count). The number of aryl methyl sites for hydroxylation is 2. The molecule has 0 unspecified atom stereocenters. The van der Waals surface area contributed by atoms with Crippen molar-refractivity contribution in [1.82, 2.24) is 0 Å². The standard InChI is InChI=1S/C15H14O3/c1-10-7-8-14(11(2)9-10)18-15(17)12-5-3-4-6-13(12)16/h3-9,16H,1-2H3. The Hall–Kier alpha value is -2.29. The number of phenolic OH excluding ortho intramolecular Hbond substituents is 1. The van der Waals surface area contributed by atoms with Crippen LogP contribution in [0.2, 0.25) is 0 Å². The number of hydrogen-bond acceptors (Lipinski definition) is 3. The van der Waals surface area contributed by atoms with E-state index in [0.717, 1.165) is 11.1 Å². The minimum absolute atomic E-state index is 0.0766. The van der Waals surface area contributed by atoms with Crippen LogP contribution in [0.5, 0.6) is 11.5 Å². The van der Waals surface area contributed by atoms with Gasteiger partial charge in [0.25, 0.3) is 0 Å². The minimum Gasteiger partial charge on any atom is -0.507 e. The van der Waals surface area contributed by atoms with Crippen molar-refractivity contribution in [3.8, 4) is 11.5 Å². The first-order valence-electron chi connectivity index (χ1n) is 5.65. The van der Waals surface area contributed by atoms with Gasteiger partial charge in [-0.2, -0.15) is 0 Å². The van der Waals surface area contributed by atoms with Gasteiger partial charge in [0.05, 0.1) is 0 Å². The molecule has 0 aliphatic carbocycles. The maximum absolute atomic E-state index is 11.9. The lowest BCUT2D eigenvalue weighted by molar-refractivity contribution is 0.0730. The molecular formula is C15H14O3. The van der Waals surface area contributed by atoms with E-state index in [4.69, 9.17) is 4.74 Å². The molecule has 1 N–H and O–H groups in total. The lowest BCUT2D eigenvalue weighted by Gasteiger charge is -2.08. The molecule has 92 valence electrons. The van der Waals surface area contributed by atoms with Crippen molar-refractivity contribution in [3.05, 3.63) is 59.2 Å². The number of hydrogen-bond donors (Lipinski definition) is 1. The summed E-state index contributed by atoms with van der Waals surface area (Å²) in [5.74, 6) is -0.124. The Morgan fingerprint density at radius 3 is 2.50 bits per heavy atom. The summed E-state index contributed by atoms with van der Waals surface area (Å²) in [6.07, 6.45) is 0. The molecule has 0 spiro atoms. The van der Waals surface area contributed by atoms with Gasteiger partial charge >= 0.3 is 5.97 Å². The molecule has 0 saturated carbocycles. The Bertz CT molecular complexity index is 588. The molecule has 0 aliphatic rings. The smallest absolute Gasteiger partial charge is 0.347 e. The number of carbonyl (C=O) groups is 1. The number of esters is 1. The highest BCUT2D eigenvalue weighted by Crippen LogP contribution is 2.22. The Labute approximate surface area is 106 Å². The van der Waals surface area contributed by atoms with Gasteiger partial charge in [0.2, 0.25) is 0 Å². The summed E-state index contributed by atoms with van der Waals surface area (Å²) in [6.45, 7) is 3.85. The number of benzene rings is 2. The fraction of sp³-hybridized carbons (Fsp3) is 0.133. The molecule has 3 heteroatoms. The van der Waals surface area contributed by atoms with Gasteiger partial charge in [0.15, 0.2) is 0 Å². The number of para-hydroxylation sites is 1. The first kappa shape index (κ1) is 12.2. The van der Waals surface area contributed by atoms with E-state index >= 15 is 0 Å². The third-order valence-corrected chi connectivity index (χ3v) is 2.66. The van der Waals surface area contributed by atoms with Crippen molar-refractivity contribution < 1.29 is 14.6 Å². The van der Waals surface area contributed by atoms with Crippen molar-refractivity contribution in [2.45, 2.75) is 13.8 Å². The third kappa shape index (κ3) is 2.51. The summed E-state index contributed by atoms with van der Waals surface area (Å²) >= 11 is 0. The Balaban J connectivity index is 2.24. The first-order chi connectivity index (χ1) is 8.58. The normalized spacial score (nSPS) is 10.1. The molecule has 18 heavy (non-hydrogen) atoms. The van der Waals surface area contributed by atoms with Crippen LogP contribution in [0.4, 0.5) is 0 Å². The average molecular weight is 242 g/mol. The molecule has 0 radical (unpaired) electrons. The van der Waals surface area contributed by atoms with Gasteiger partial charge < -0.3 is 9.84 Å². The second kappa shape index (κ2) is 4.92. The highest BCUT2D eigenvalue weighted by atomic mass is 16.5. The van der Waals surface area contributed by atoms with Gasteiger partial charge in [-0.15, -0.1) is 0 Å². The van der Waals surface area contributed by atoms with Crippen LogP contribution in [0.15, 0.2) is 42.5 Å². The van der Waals surface area contributed by atoms with Crippen LogP contribution in [0.1, 0.15) is 21.5 Å². The van der Waals surface area contributed by atoms with E-state index in [1.165, 1.54) is 12.1 Å². The fourth-order valence-corrected chi connectivity index (χ4v) is 1.71. The van der Waals surface area contributed by atoms with Crippen molar-refractivity contribution in [2.75, 3.05) is 0 Å². The van der Waals surface area contributed by atoms with Crippen molar-refractivity contribution in [1.29, 1.82) is 0 Å². The van der Waals surface area contributed by atoms with Crippen LogP contribution in [0.3, 0.4) is 0 Å². The van der Waals surface area contributed by atoms with Crippen molar-refractivity contribution in [2.24, 2.45) is 0 Å². The Morgan fingerprint density at radius 2 is 1.83 bits per heavy atom. The number of rotatable bonds is 2. The molecule has 0 fully saturated rings. The van der Waals surface area contributed by atoms with Crippen LogP contribution in [0, 0.1) is 13.8 Å². The van der Waals surface area contributed by atoms with Gasteiger partial charge in [-0.05, 0) is 37.6 Å². The predicted octanol–water partition coefficient (Wildman–Crippen LogP) is 3.23. The van der Waals surface area contributed by atoms with Gasteiger partial charge in [-0.1, -0.05) is 29.8 Å². The molecule has 3 nitrogen and oxygen atoms in total. The molecule has 0 saturated heterocycles. The average Bonchev–Trinajstić information content (AvgIpc) is 2.33. The van der Waals surface area contributed by atoms with E-state index in [9.17, 15) is 9.90 Å². The monoisotopic (exact) mass is 242 g/mol. The minimum atomic E-state index is -0.556. The van der Waals surface area contributed by atoms with Crippen LogP contribution >= 0.6 is 0 Å². The lowest BCUT2D eigenvalue weighted by atomic mass is 10.1. The number of carbonyl (C=O) groups excluding carboxylic acids is 1. The van der Waals surface area contributed by atoms with Gasteiger partial charge in [0, 0.05) is 0 Å². The van der Waals surface area contributed by atoms with E-state index in [2.05, 4.69) is 0 Å². The van der Waals surface area contributed by atoms with Crippen molar-refractivity contribution >= 4 is 5.97 Å². The third-order valence-electron chi connectivity index (χ3n) is 2.66. The van der Waals surface area contributed by atoms with E-state index in [0.29, 0.717) is 5.75 Å². The second-order valence-corrected chi connectivity index (χ2v) is 4.18. The Morgan fingerprint density at radius 1 is 1.11 bits per heavy atom. The molecule has 0 heterocycles. The SMILES string of the molecule is Cc1ccc(OC(=O)c2ccccc2O)c(C)c1. The van der Waals surface area contributed by atoms with Crippen LogP contribution < -0.4 is 4.74 Å².